The monoisotopic (exact) mass is 472 g/mol. The highest BCUT2D eigenvalue weighted by molar-refractivity contribution is 7.15. The lowest BCUT2D eigenvalue weighted by Crippen LogP contribution is -2.39. The molecule has 1 saturated heterocycles. The molecule has 0 unspecified atom stereocenters. The first-order chi connectivity index (χ1) is 15.5. The van der Waals surface area contributed by atoms with E-state index in [1.807, 2.05) is 48.4 Å². The summed E-state index contributed by atoms with van der Waals surface area (Å²) >= 11 is 2.95. The molecule has 1 aromatic carbocycles. The molecule has 3 aromatic rings. The summed E-state index contributed by atoms with van der Waals surface area (Å²) in [6.45, 7) is 8.82. The molecule has 0 radical (unpaired) electrons. The van der Waals surface area contributed by atoms with E-state index in [1.54, 1.807) is 7.11 Å². The Hall–Kier alpha value is -2.33. The standard InChI is InChI=1S/C23H28N4O3S2/c1-16-21(32-17(2)24-16)22(28)27(10-4-9-26-11-13-30-14-12-26)23-25-20(15-31-23)18-5-7-19(29-3)8-6-18/h5-8,15H,4,9-14H2,1-3H3. The zero-order valence-electron chi connectivity index (χ0n) is 18.7. The lowest BCUT2D eigenvalue weighted by atomic mass is 10.2. The molecule has 0 atom stereocenters. The van der Waals surface area contributed by atoms with Gasteiger partial charge in [0.05, 0.1) is 36.7 Å². The average molecular weight is 473 g/mol. The van der Waals surface area contributed by atoms with Crippen LogP contribution in [0, 0.1) is 13.8 Å². The van der Waals surface area contributed by atoms with Gasteiger partial charge in [-0.25, -0.2) is 9.97 Å². The second kappa shape index (κ2) is 10.5. The topological polar surface area (TPSA) is 67.8 Å². The first kappa shape index (κ1) is 22.8. The molecule has 4 rings (SSSR count). The fraction of sp³-hybridized carbons (Fsp3) is 0.435. The van der Waals surface area contributed by atoms with Crippen LogP contribution in [0.1, 0.15) is 26.8 Å². The number of aromatic nitrogens is 2. The lowest BCUT2D eigenvalue weighted by Gasteiger charge is -2.27. The number of carbonyl (C=O) groups excluding carboxylic acids is 1. The SMILES string of the molecule is COc1ccc(-c2csc(N(CCCN3CCOCC3)C(=O)c3sc(C)nc3C)n2)cc1. The van der Waals surface area contributed by atoms with Crippen molar-refractivity contribution in [3.8, 4) is 17.0 Å². The van der Waals surface area contributed by atoms with E-state index >= 15 is 0 Å². The van der Waals surface area contributed by atoms with Crippen LogP contribution in [0.4, 0.5) is 5.13 Å². The predicted molar refractivity (Wildman–Crippen MR) is 129 cm³/mol. The fourth-order valence-electron chi connectivity index (χ4n) is 3.70. The van der Waals surface area contributed by atoms with Crippen LogP contribution in [-0.2, 0) is 4.74 Å². The van der Waals surface area contributed by atoms with Gasteiger partial charge in [0.25, 0.3) is 5.91 Å². The van der Waals surface area contributed by atoms with Gasteiger partial charge in [-0.3, -0.25) is 14.6 Å². The molecule has 32 heavy (non-hydrogen) atoms. The Morgan fingerprint density at radius 2 is 1.94 bits per heavy atom. The van der Waals surface area contributed by atoms with E-state index in [-0.39, 0.29) is 5.91 Å². The summed E-state index contributed by atoms with van der Waals surface area (Å²) in [6.07, 6.45) is 0.875. The van der Waals surface area contributed by atoms with Crippen molar-refractivity contribution >= 4 is 33.7 Å². The molecule has 9 heteroatoms. The quantitative estimate of drug-likeness (QED) is 0.488. The normalized spacial score (nSPS) is 14.5. The molecular formula is C23H28N4O3S2. The van der Waals surface area contributed by atoms with Crippen LogP contribution in [0.3, 0.4) is 0 Å². The Balaban J connectivity index is 1.54. The summed E-state index contributed by atoms with van der Waals surface area (Å²) in [5.41, 5.74) is 2.64. The largest absolute Gasteiger partial charge is 0.497 e. The Morgan fingerprint density at radius 1 is 1.19 bits per heavy atom. The summed E-state index contributed by atoms with van der Waals surface area (Å²) in [5, 5.41) is 3.62. The summed E-state index contributed by atoms with van der Waals surface area (Å²) in [4.78, 5) is 27.7. The van der Waals surface area contributed by atoms with E-state index in [0.717, 1.165) is 67.0 Å². The molecule has 0 spiro atoms. The summed E-state index contributed by atoms with van der Waals surface area (Å²) in [6, 6.07) is 7.81. The van der Waals surface area contributed by atoms with Crippen LogP contribution in [-0.4, -0.2) is 67.3 Å². The van der Waals surface area contributed by atoms with E-state index in [9.17, 15) is 4.79 Å². The maximum Gasteiger partial charge on any atom is 0.272 e. The van der Waals surface area contributed by atoms with Crippen molar-refractivity contribution in [3.05, 3.63) is 45.2 Å². The maximum atomic E-state index is 13.5. The minimum Gasteiger partial charge on any atom is -0.497 e. The van der Waals surface area contributed by atoms with Crippen molar-refractivity contribution in [2.24, 2.45) is 0 Å². The second-order valence-corrected chi connectivity index (χ2v) is 9.70. The van der Waals surface area contributed by atoms with Gasteiger partial charge in [-0.2, -0.15) is 0 Å². The number of methoxy groups -OCH3 is 1. The van der Waals surface area contributed by atoms with Gasteiger partial charge in [0.1, 0.15) is 10.6 Å². The van der Waals surface area contributed by atoms with E-state index in [1.165, 1.54) is 22.7 Å². The first-order valence-corrected chi connectivity index (χ1v) is 12.4. The zero-order valence-corrected chi connectivity index (χ0v) is 20.3. The number of hydrogen-bond donors (Lipinski definition) is 0. The number of morpholine rings is 1. The molecule has 1 aliphatic rings. The number of carbonyl (C=O) groups is 1. The second-order valence-electron chi connectivity index (χ2n) is 7.66. The van der Waals surface area contributed by atoms with Gasteiger partial charge < -0.3 is 9.47 Å². The number of hydrogen-bond acceptors (Lipinski definition) is 8. The van der Waals surface area contributed by atoms with E-state index < -0.39 is 0 Å². The Kier molecular flexibility index (Phi) is 7.51. The van der Waals surface area contributed by atoms with Gasteiger partial charge >= 0.3 is 0 Å². The molecular weight excluding hydrogens is 444 g/mol. The highest BCUT2D eigenvalue weighted by atomic mass is 32.1. The Morgan fingerprint density at radius 3 is 2.59 bits per heavy atom. The number of thiazole rings is 2. The van der Waals surface area contributed by atoms with E-state index in [0.29, 0.717) is 16.6 Å². The smallest absolute Gasteiger partial charge is 0.272 e. The Bertz CT molecular complexity index is 1040. The summed E-state index contributed by atoms with van der Waals surface area (Å²) < 4.78 is 10.7. The zero-order chi connectivity index (χ0) is 22.5. The highest BCUT2D eigenvalue weighted by Gasteiger charge is 2.25. The molecule has 7 nitrogen and oxygen atoms in total. The number of anilines is 1. The van der Waals surface area contributed by atoms with Gasteiger partial charge in [0.15, 0.2) is 5.13 Å². The Labute approximate surface area is 196 Å². The number of amides is 1. The molecule has 0 aliphatic carbocycles. The lowest BCUT2D eigenvalue weighted by molar-refractivity contribution is 0.0376. The molecule has 1 fully saturated rings. The van der Waals surface area contributed by atoms with Crippen LogP contribution in [0.5, 0.6) is 5.75 Å². The average Bonchev–Trinajstić information content (AvgIpc) is 3.43. The third-order valence-corrected chi connectivity index (χ3v) is 7.34. The highest BCUT2D eigenvalue weighted by Crippen LogP contribution is 2.31. The van der Waals surface area contributed by atoms with Crippen LogP contribution < -0.4 is 9.64 Å². The van der Waals surface area contributed by atoms with E-state index in [4.69, 9.17) is 14.5 Å². The van der Waals surface area contributed by atoms with Crippen molar-refractivity contribution in [3.63, 3.8) is 0 Å². The van der Waals surface area contributed by atoms with Crippen LogP contribution in [0.15, 0.2) is 29.6 Å². The van der Waals surface area contributed by atoms with Crippen molar-refractivity contribution in [2.45, 2.75) is 20.3 Å². The molecule has 170 valence electrons. The minimum atomic E-state index is -0.0225. The van der Waals surface area contributed by atoms with Crippen molar-refractivity contribution in [1.82, 2.24) is 14.9 Å². The molecule has 0 N–H and O–H groups in total. The summed E-state index contributed by atoms with van der Waals surface area (Å²) in [7, 11) is 1.65. The molecule has 3 heterocycles. The van der Waals surface area contributed by atoms with Gasteiger partial charge in [0, 0.05) is 37.1 Å². The van der Waals surface area contributed by atoms with Crippen LogP contribution >= 0.6 is 22.7 Å². The number of ether oxygens (including phenoxy) is 2. The number of benzene rings is 1. The molecule has 1 aliphatic heterocycles. The third kappa shape index (κ3) is 5.35. The van der Waals surface area contributed by atoms with Gasteiger partial charge in [-0.1, -0.05) is 0 Å². The van der Waals surface area contributed by atoms with Crippen molar-refractivity contribution in [1.29, 1.82) is 0 Å². The van der Waals surface area contributed by atoms with Crippen LogP contribution in [0.2, 0.25) is 0 Å². The van der Waals surface area contributed by atoms with Gasteiger partial charge in [-0.05, 0) is 44.5 Å². The third-order valence-electron chi connectivity index (χ3n) is 5.41. The van der Waals surface area contributed by atoms with Crippen molar-refractivity contribution < 1.29 is 14.3 Å². The minimum absolute atomic E-state index is 0.0225. The molecule has 1 amide bonds. The number of aryl methyl sites for hydroxylation is 2. The van der Waals surface area contributed by atoms with Crippen LogP contribution in [0.25, 0.3) is 11.3 Å². The number of nitrogens with zero attached hydrogens (tertiary/aromatic N) is 4. The first-order valence-electron chi connectivity index (χ1n) is 10.7. The van der Waals surface area contributed by atoms with Gasteiger partial charge in [-0.15, -0.1) is 22.7 Å². The predicted octanol–water partition coefficient (Wildman–Crippen LogP) is 4.26. The summed E-state index contributed by atoms with van der Waals surface area (Å²) in [5.74, 6) is 0.783. The van der Waals surface area contributed by atoms with Gasteiger partial charge in [0.2, 0.25) is 0 Å². The van der Waals surface area contributed by atoms with Crippen molar-refractivity contribution in [2.75, 3.05) is 51.4 Å². The number of rotatable bonds is 8. The molecule has 0 bridgehead atoms. The molecule has 2 aromatic heterocycles. The van der Waals surface area contributed by atoms with E-state index in [2.05, 4.69) is 9.88 Å². The maximum absolute atomic E-state index is 13.5. The molecule has 0 saturated carbocycles. The fourth-order valence-corrected chi connectivity index (χ4v) is 5.42.